The summed E-state index contributed by atoms with van der Waals surface area (Å²) in [5, 5.41) is 12.4. The number of rotatable bonds is 9. The van der Waals surface area contributed by atoms with Crippen LogP contribution < -0.4 is 10.1 Å². The first kappa shape index (κ1) is 23.8. The van der Waals surface area contributed by atoms with E-state index in [0.717, 1.165) is 29.9 Å². The predicted octanol–water partition coefficient (Wildman–Crippen LogP) is 5.88. The maximum absolute atomic E-state index is 13.5. The second kappa shape index (κ2) is 11.2. The zero-order chi connectivity index (χ0) is 23.9. The average molecular weight is 494 g/mol. The molecule has 34 heavy (non-hydrogen) atoms. The van der Waals surface area contributed by atoms with E-state index in [0.29, 0.717) is 21.6 Å². The van der Waals surface area contributed by atoms with Gasteiger partial charge >= 0.3 is 0 Å². The summed E-state index contributed by atoms with van der Waals surface area (Å²) in [6.45, 7) is 2.82. The predicted molar refractivity (Wildman–Crippen MR) is 135 cm³/mol. The van der Waals surface area contributed by atoms with Gasteiger partial charge in [0.1, 0.15) is 11.0 Å². The number of amides is 1. The van der Waals surface area contributed by atoms with E-state index in [4.69, 9.17) is 16.3 Å². The third kappa shape index (κ3) is 5.40. The number of halogens is 1. The molecule has 2 heterocycles. The number of ether oxygens (including phenoxy) is 1. The molecule has 0 fully saturated rings. The summed E-state index contributed by atoms with van der Waals surface area (Å²) >= 11 is 7.62. The van der Waals surface area contributed by atoms with E-state index in [-0.39, 0.29) is 5.91 Å². The Kier molecular flexibility index (Phi) is 7.82. The molecule has 0 saturated heterocycles. The van der Waals surface area contributed by atoms with E-state index in [9.17, 15) is 4.79 Å². The number of carbonyl (C=O) groups is 1. The monoisotopic (exact) mass is 493 g/mol. The van der Waals surface area contributed by atoms with Crippen molar-refractivity contribution in [3.05, 3.63) is 83.6 Å². The lowest BCUT2D eigenvalue weighted by atomic mass is 10.1. The number of methoxy groups -OCH3 is 1. The molecule has 2 aromatic carbocycles. The number of aromatic nitrogens is 4. The maximum Gasteiger partial charge on any atom is 0.242 e. The lowest BCUT2D eigenvalue weighted by Crippen LogP contribution is -2.19. The molecule has 2 aromatic heterocycles. The summed E-state index contributed by atoms with van der Waals surface area (Å²) in [6, 6.07) is 18.6. The summed E-state index contributed by atoms with van der Waals surface area (Å²) in [4.78, 5) is 17.5. The van der Waals surface area contributed by atoms with Gasteiger partial charge in [-0.15, -0.1) is 10.2 Å². The molecule has 0 bridgehead atoms. The van der Waals surface area contributed by atoms with E-state index >= 15 is 0 Å². The van der Waals surface area contributed by atoms with Gasteiger partial charge in [-0.1, -0.05) is 60.6 Å². The standard InChI is InChI=1S/C25H24ClN5O2S/c1-3-15-31-23(18-11-13-27-14-12-18)29-30-25(31)34-22(17-7-5-4-6-8-17)24(32)28-19-9-10-21(33-2)20(26)16-19/h4-14,16,22H,3,15H2,1-2H3,(H,28,32). The molecule has 0 spiro atoms. The number of hydrogen-bond acceptors (Lipinski definition) is 6. The van der Waals surface area contributed by atoms with Crippen molar-refractivity contribution in [1.29, 1.82) is 0 Å². The highest BCUT2D eigenvalue weighted by Crippen LogP contribution is 2.37. The first-order chi connectivity index (χ1) is 16.6. The number of hydrogen-bond donors (Lipinski definition) is 1. The third-order valence-corrected chi connectivity index (χ3v) is 6.62. The minimum absolute atomic E-state index is 0.186. The van der Waals surface area contributed by atoms with Crippen molar-refractivity contribution < 1.29 is 9.53 Å². The summed E-state index contributed by atoms with van der Waals surface area (Å²) in [5.41, 5.74) is 2.38. The molecule has 4 aromatic rings. The lowest BCUT2D eigenvalue weighted by molar-refractivity contribution is -0.115. The number of nitrogens with zero attached hydrogens (tertiary/aromatic N) is 4. The molecule has 0 aliphatic carbocycles. The second-order valence-corrected chi connectivity index (χ2v) is 8.92. The van der Waals surface area contributed by atoms with E-state index in [2.05, 4.69) is 27.4 Å². The van der Waals surface area contributed by atoms with Crippen molar-refractivity contribution in [2.75, 3.05) is 12.4 Å². The molecular weight excluding hydrogens is 470 g/mol. The first-order valence-corrected chi connectivity index (χ1v) is 12.1. The lowest BCUT2D eigenvalue weighted by Gasteiger charge is -2.18. The van der Waals surface area contributed by atoms with Crippen molar-refractivity contribution in [2.45, 2.75) is 30.3 Å². The van der Waals surface area contributed by atoms with Crippen LogP contribution in [0.15, 0.2) is 78.2 Å². The van der Waals surface area contributed by atoms with Crippen LogP contribution in [0.1, 0.15) is 24.2 Å². The minimum atomic E-state index is -0.549. The molecule has 4 rings (SSSR count). The van der Waals surface area contributed by atoms with Crippen LogP contribution in [0, 0.1) is 0 Å². The Morgan fingerprint density at radius 1 is 1.12 bits per heavy atom. The van der Waals surface area contributed by atoms with Gasteiger partial charge in [0.25, 0.3) is 0 Å². The topological polar surface area (TPSA) is 81.9 Å². The van der Waals surface area contributed by atoms with Crippen LogP contribution in [0.4, 0.5) is 5.69 Å². The van der Waals surface area contributed by atoms with Gasteiger partial charge in [0.2, 0.25) is 5.91 Å². The first-order valence-electron chi connectivity index (χ1n) is 10.8. The van der Waals surface area contributed by atoms with Gasteiger partial charge in [0.05, 0.1) is 12.1 Å². The number of anilines is 1. The number of benzene rings is 2. The van der Waals surface area contributed by atoms with Crippen LogP contribution in [0.2, 0.25) is 5.02 Å². The van der Waals surface area contributed by atoms with Gasteiger partial charge in [-0.3, -0.25) is 9.78 Å². The zero-order valence-electron chi connectivity index (χ0n) is 18.8. The fraction of sp³-hybridized carbons (Fsp3) is 0.200. The van der Waals surface area contributed by atoms with Crippen LogP contribution in [0.3, 0.4) is 0 Å². The molecule has 1 N–H and O–H groups in total. The molecule has 0 saturated carbocycles. The van der Waals surface area contributed by atoms with Crippen LogP contribution in [0.5, 0.6) is 5.75 Å². The van der Waals surface area contributed by atoms with E-state index in [1.165, 1.54) is 11.8 Å². The van der Waals surface area contributed by atoms with Gasteiger partial charge in [-0.05, 0) is 42.3 Å². The molecular formula is C25H24ClN5O2S. The van der Waals surface area contributed by atoms with E-state index < -0.39 is 5.25 Å². The number of carbonyl (C=O) groups excluding carboxylic acids is 1. The minimum Gasteiger partial charge on any atom is -0.495 e. The van der Waals surface area contributed by atoms with E-state index in [1.54, 1.807) is 37.7 Å². The third-order valence-electron chi connectivity index (χ3n) is 5.09. The fourth-order valence-corrected chi connectivity index (χ4v) is 4.79. The summed E-state index contributed by atoms with van der Waals surface area (Å²) < 4.78 is 7.25. The molecule has 1 amide bonds. The van der Waals surface area contributed by atoms with Gasteiger partial charge < -0.3 is 14.6 Å². The average Bonchev–Trinajstić information content (AvgIpc) is 3.26. The molecule has 7 nitrogen and oxygen atoms in total. The number of thioether (sulfide) groups is 1. The molecule has 0 radical (unpaired) electrons. The Bertz CT molecular complexity index is 1250. The second-order valence-electron chi connectivity index (χ2n) is 7.44. The Labute approximate surface area is 207 Å². The van der Waals surface area contributed by atoms with Gasteiger partial charge in [0, 0.05) is 30.2 Å². The van der Waals surface area contributed by atoms with Crippen LogP contribution in [-0.4, -0.2) is 32.8 Å². The number of nitrogens with one attached hydrogen (secondary N) is 1. The van der Waals surface area contributed by atoms with Crippen LogP contribution in [-0.2, 0) is 11.3 Å². The van der Waals surface area contributed by atoms with Gasteiger partial charge in [-0.25, -0.2) is 0 Å². The Morgan fingerprint density at radius 2 is 1.88 bits per heavy atom. The van der Waals surface area contributed by atoms with Crippen molar-refractivity contribution in [3.63, 3.8) is 0 Å². The smallest absolute Gasteiger partial charge is 0.242 e. The molecule has 1 unspecified atom stereocenters. The Hall–Kier alpha value is -3.36. The van der Waals surface area contributed by atoms with Crippen molar-refractivity contribution in [2.24, 2.45) is 0 Å². The van der Waals surface area contributed by atoms with Gasteiger partial charge in [0.15, 0.2) is 11.0 Å². The molecule has 0 aliphatic rings. The summed E-state index contributed by atoms with van der Waals surface area (Å²) in [6.07, 6.45) is 4.36. The highest BCUT2D eigenvalue weighted by molar-refractivity contribution is 8.00. The molecule has 9 heteroatoms. The maximum atomic E-state index is 13.5. The molecule has 0 aliphatic heterocycles. The fourth-order valence-electron chi connectivity index (χ4n) is 3.47. The summed E-state index contributed by atoms with van der Waals surface area (Å²) in [7, 11) is 1.55. The largest absolute Gasteiger partial charge is 0.495 e. The van der Waals surface area contributed by atoms with Crippen LogP contribution >= 0.6 is 23.4 Å². The highest BCUT2D eigenvalue weighted by Gasteiger charge is 2.26. The SMILES string of the molecule is CCCn1c(SC(C(=O)Nc2ccc(OC)c(Cl)c2)c2ccccc2)nnc1-c1ccncc1. The Balaban J connectivity index is 1.66. The number of pyridine rings is 1. The molecule has 1 atom stereocenters. The van der Waals surface area contributed by atoms with Crippen molar-refractivity contribution >= 4 is 35.0 Å². The summed E-state index contributed by atoms with van der Waals surface area (Å²) in [5.74, 6) is 1.11. The van der Waals surface area contributed by atoms with Crippen LogP contribution in [0.25, 0.3) is 11.4 Å². The normalized spacial score (nSPS) is 11.7. The Morgan fingerprint density at radius 3 is 2.56 bits per heavy atom. The molecule has 174 valence electrons. The van der Waals surface area contributed by atoms with E-state index in [1.807, 2.05) is 47.0 Å². The quantitative estimate of drug-likeness (QED) is 0.293. The van der Waals surface area contributed by atoms with Gasteiger partial charge in [-0.2, -0.15) is 0 Å². The van der Waals surface area contributed by atoms with Crippen molar-refractivity contribution in [3.8, 4) is 17.1 Å². The zero-order valence-corrected chi connectivity index (χ0v) is 20.4. The van der Waals surface area contributed by atoms with Crippen molar-refractivity contribution in [1.82, 2.24) is 19.7 Å². The highest BCUT2D eigenvalue weighted by atomic mass is 35.5.